The molecular weight excluding hydrogens is 254 g/mol. The number of aryl methyl sites for hydroxylation is 1. The zero-order valence-corrected chi connectivity index (χ0v) is 11.1. The van der Waals surface area contributed by atoms with Crippen molar-refractivity contribution in [3.05, 3.63) is 22.7 Å². The van der Waals surface area contributed by atoms with E-state index >= 15 is 0 Å². The van der Waals surface area contributed by atoms with Crippen LogP contribution < -0.4 is 20.7 Å². The van der Waals surface area contributed by atoms with E-state index in [0.717, 1.165) is 5.56 Å². The van der Waals surface area contributed by atoms with Crippen molar-refractivity contribution < 1.29 is 9.53 Å². The summed E-state index contributed by atoms with van der Waals surface area (Å²) in [5.74, 6) is 0.582. The normalized spacial score (nSPS) is 19.0. The van der Waals surface area contributed by atoms with Gasteiger partial charge in [0.25, 0.3) is 0 Å². The van der Waals surface area contributed by atoms with Gasteiger partial charge in [0.2, 0.25) is 0 Å². The van der Waals surface area contributed by atoms with Crippen molar-refractivity contribution >= 4 is 23.3 Å². The lowest BCUT2D eigenvalue weighted by molar-refractivity contribution is 0.250. The molecule has 0 bridgehead atoms. The van der Waals surface area contributed by atoms with Crippen molar-refractivity contribution in [3.8, 4) is 5.75 Å². The van der Waals surface area contributed by atoms with Crippen LogP contribution in [0.1, 0.15) is 5.56 Å². The standard InChI is InChI=1S/C12H16ClN3O2/c1-7-3-10(11(18-2)4-9(7)13)16-6-8(5-14)15-12(16)17/h3-4,8H,5-6,14H2,1-2H3,(H,15,17). The van der Waals surface area contributed by atoms with E-state index in [1.165, 1.54) is 0 Å². The van der Waals surface area contributed by atoms with E-state index in [1.807, 2.05) is 13.0 Å². The van der Waals surface area contributed by atoms with Gasteiger partial charge in [0.05, 0.1) is 18.8 Å². The molecule has 0 saturated carbocycles. The summed E-state index contributed by atoms with van der Waals surface area (Å²) in [7, 11) is 1.55. The highest BCUT2D eigenvalue weighted by atomic mass is 35.5. The number of carbonyl (C=O) groups excluding carboxylic acids is 1. The maximum Gasteiger partial charge on any atom is 0.322 e. The largest absolute Gasteiger partial charge is 0.495 e. The molecule has 6 heteroatoms. The highest BCUT2D eigenvalue weighted by molar-refractivity contribution is 6.31. The summed E-state index contributed by atoms with van der Waals surface area (Å²) >= 11 is 6.04. The number of anilines is 1. The van der Waals surface area contributed by atoms with Crippen LogP contribution in [-0.4, -0.2) is 32.3 Å². The number of urea groups is 1. The van der Waals surface area contributed by atoms with Gasteiger partial charge in [0, 0.05) is 24.2 Å². The summed E-state index contributed by atoms with van der Waals surface area (Å²) in [6.07, 6.45) is 0. The SMILES string of the molecule is COc1cc(Cl)c(C)cc1N1CC(CN)NC1=O. The van der Waals surface area contributed by atoms with E-state index in [2.05, 4.69) is 5.32 Å². The zero-order chi connectivity index (χ0) is 13.3. The van der Waals surface area contributed by atoms with Crippen LogP contribution in [-0.2, 0) is 0 Å². The Bertz CT molecular complexity index is 479. The van der Waals surface area contributed by atoms with Crippen LogP contribution in [0.5, 0.6) is 5.75 Å². The molecule has 0 aromatic heterocycles. The third kappa shape index (κ3) is 2.23. The van der Waals surface area contributed by atoms with E-state index in [-0.39, 0.29) is 12.1 Å². The van der Waals surface area contributed by atoms with E-state index in [1.54, 1.807) is 18.1 Å². The number of rotatable bonds is 3. The summed E-state index contributed by atoms with van der Waals surface area (Å²) in [4.78, 5) is 13.5. The lowest BCUT2D eigenvalue weighted by Gasteiger charge is -2.19. The number of ether oxygens (including phenoxy) is 1. The Balaban J connectivity index is 2.38. The molecule has 0 spiro atoms. The Morgan fingerprint density at radius 1 is 1.61 bits per heavy atom. The van der Waals surface area contributed by atoms with Crippen LogP contribution in [0.4, 0.5) is 10.5 Å². The molecular formula is C12H16ClN3O2. The third-order valence-electron chi connectivity index (χ3n) is 3.01. The first-order valence-electron chi connectivity index (χ1n) is 5.69. The van der Waals surface area contributed by atoms with Crippen molar-refractivity contribution in [2.45, 2.75) is 13.0 Å². The molecule has 1 heterocycles. The van der Waals surface area contributed by atoms with E-state index in [9.17, 15) is 4.79 Å². The summed E-state index contributed by atoms with van der Waals surface area (Å²) < 4.78 is 5.27. The molecule has 1 aromatic carbocycles. The second-order valence-electron chi connectivity index (χ2n) is 4.27. The van der Waals surface area contributed by atoms with E-state index in [4.69, 9.17) is 22.1 Å². The predicted octanol–water partition coefficient (Wildman–Crippen LogP) is 1.51. The molecule has 2 rings (SSSR count). The topological polar surface area (TPSA) is 67.6 Å². The van der Waals surface area contributed by atoms with Crippen molar-refractivity contribution in [3.63, 3.8) is 0 Å². The number of nitrogens with zero attached hydrogens (tertiary/aromatic N) is 1. The number of nitrogens with two attached hydrogens (primary N) is 1. The molecule has 0 radical (unpaired) electrons. The number of methoxy groups -OCH3 is 1. The fourth-order valence-corrected chi connectivity index (χ4v) is 2.12. The first kappa shape index (κ1) is 13.0. The number of carbonyl (C=O) groups is 1. The lowest BCUT2D eigenvalue weighted by atomic mass is 10.2. The molecule has 3 N–H and O–H groups in total. The zero-order valence-electron chi connectivity index (χ0n) is 10.4. The molecule has 1 unspecified atom stereocenters. The number of benzene rings is 1. The summed E-state index contributed by atoms with van der Waals surface area (Å²) in [6, 6.07) is 3.37. The molecule has 1 saturated heterocycles. The Kier molecular flexibility index (Phi) is 3.63. The van der Waals surface area contributed by atoms with Gasteiger partial charge in [-0.15, -0.1) is 0 Å². The van der Waals surface area contributed by atoms with Crippen LogP contribution in [0.25, 0.3) is 0 Å². The molecule has 1 aliphatic heterocycles. The second-order valence-corrected chi connectivity index (χ2v) is 4.67. The van der Waals surface area contributed by atoms with Gasteiger partial charge in [0.15, 0.2) is 0 Å². The molecule has 98 valence electrons. The van der Waals surface area contributed by atoms with Gasteiger partial charge in [-0.2, -0.15) is 0 Å². The molecule has 1 atom stereocenters. The summed E-state index contributed by atoms with van der Waals surface area (Å²) in [5.41, 5.74) is 7.18. The van der Waals surface area contributed by atoms with Crippen molar-refractivity contribution in [1.29, 1.82) is 0 Å². The molecule has 1 aliphatic rings. The Labute approximate surface area is 111 Å². The smallest absolute Gasteiger partial charge is 0.322 e. The van der Waals surface area contributed by atoms with E-state index < -0.39 is 0 Å². The van der Waals surface area contributed by atoms with Gasteiger partial charge >= 0.3 is 6.03 Å². The first-order valence-corrected chi connectivity index (χ1v) is 6.07. The minimum Gasteiger partial charge on any atom is -0.495 e. The van der Waals surface area contributed by atoms with Crippen LogP contribution in [0.15, 0.2) is 12.1 Å². The van der Waals surface area contributed by atoms with Crippen LogP contribution in [0.3, 0.4) is 0 Å². The Hall–Kier alpha value is -1.46. The molecule has 1 fully saturated rings. The van der Waals surface area contributed by atoms with Crippen LogP contribution in [0.2, 0.25) is 5.02 Å². The van der Waals surface area contributed by atoms with Crippen LogP contribution in [0, 0.1) is 6.92 Å². The van der Waals surface area contributed by atoms with Gasteiger partial charge in [-0.1, -0.05) is 11.6 Å². The van der Waals surface area contributed by atoms with Gasteiger partial charge in [-0.25, -0.2) is 4.79 Å². The Morgan fingerprint density at radius 3 is 2.89 bits per heavy atom. The minimum absolute atomic E-state index is 0.0295. The maximum atomic E-state index is 11.9. The second kappa shape index (κ2) is 5.04. The van der Waals surface area contributed by atoms with Gasteiger partial charge < -0.3 is 15.8 Å². The predicted molar refractivity (Wildman–Crippen MR) is 71.5 cm³/mol. The number of hydrogen-bond acceptors (Lipinski definition) is 3. The maximum absolute atomic E-state index is 11.9. The fourth-order valence-electron chi connectivity index (χ4n) is 1.97. The highest BCUT2D eigenvalue weighted by Crippen LogP contribution is 2.34. The molecule has 5 nitrogen and oxygen atoms in total. The van der Waals surface area contributed by atoms with Crippen LogP contribution >= 0.6 is 11.6 Å². The third-order valence-corrected chi connectivity index (χ3v) is 3.42. The van der Waals surface area contributed by atoms with E-state index in [0.29, 0.717) is 29.5 Å². The fraction of sp³-hybridized carbons (Fsp3) is 0.417. The molecule has 1 aromatic rings. The number of nitrogens with one attached hydrogen (secondary N) is 1. The molecule has 0 aliphatic carbocycles. The Morgan fingerprint density at radius 2 is 2.33 bits per heavy atom. The van der Waals surface area contributed by atoms with Crippen molar-refractivity contribution in [1.82, 2.24) is 5.32 Å². The average molecular weight is 270 g/mol. The summed E-state index contributed by atoms with van der Waals surface area (Å²) in [6.45, 7) is 2.84. The first-order chi connectivity index (χ1) is 8.56. The van der Waals surface area contributed by atoms with Gasteiger partial charge in [-0.3, -0.25) is 4.90 Å². The number of hydrogen-bond donors (Lipinski definition) is 2. The minimum atomic E-state index is -0.162. The molecule has 2 amide bonds. The molecule has 18 heavy (non-hydrogen) atoms. The van der Waals surface area contributed by atoms with Crippen molar-refractivity contribution in [2.24, 2.45) is 5.73 Å². The van der Waals surface area contributed by atoms with Gasteiger partial charge in [-0.05, 0) is 18.6 Å². The number of halogens is 1. The monoisotopic (exact) mass is 269 g/mol. The van der Waals surface area contributed by atoms with Gasteiger partial charge in [0.1, 0.15) is 5.75 Å². The number of amides is 2. The average Bonchev–Trinajstić information content (AvgIpc) is 2.73. The lowest BCUT2D eigenvalue weighted by Crippen LogP contribution is -2.33. The summed E-state index contributed by atoms with van der Waals surface area (Å²) in [5, 5.41) is 3.43. The highest BCUT2D eigenvalue weighted by Gasteiger charge is 2.30. The van der Waals surface area contributed by atoms with Crippen molar-refractivity contribution in [2.75, 3.05) is 25.1 Å². The quantitative estimate of drug-likeness (QED) is 0.874.